The molecular formula is C17H14N4S. The Hall–Kier alpha value is -2.53. The van der Waals surface area contributed by atoms with E-state index in [0.29, 0.717) is 0 Å². The Morgan fingerprint density at radius 3 is 2.64 bits per heavy atom. The average Bonchev–Trinajstić information content (AvgIpc) is 3.22. The molecule has 0 saturated carbocycles. The quantitative estimate of drug-likeness (QED) is 0.571. The fourth-order valence-electron chi connectivity index (χ4n) is 2.50. The topological polar surface area (TPSA) is 43.6 Å². The molecule has 0 spiro atoms. The first-order valence-electron chi connectivity index (χ1n) is 7.14. The molecule has 0 bridgehead atoms. The van der Waals surface area contributed by atoms with E-state index < -0.39 is 0 Å². The van der Waals surface area contributed by atoms with Gasteiger partial charge in [-0.25, -0.2) is 9.67 Å². The number of hydrogen-bond donors (Lipinski definition) is 0. The van der Waals surface area contributed by atoms with Crippen molar-refractivity contribution >= 4 is 22.4 Å². The Labute approximate surface area is 132 Å². The van der Waals surface area contributed by atoms with Crippen molar-refractivity contribution in [2.75, 3.05) is 0 Å². The van der Waals surface area contributed by atoms with Crippen molar-refractivity contribution in [3.8, 4) is 11.3 Å². The van der Waals surface area contributed by atoms with Crippen molar-refractivity contribution in [2.24, 2.45) is 0 Å². The van der Waals surface area contributed by atoms with Gasteiger partial charge >= 0.3 is 0 Å². The molecule has 0 fully saturated rings. The number of nitrogens with zero attached hydrogens (tertiary/aromatic N) is 4. The molecule has 4 rings (SSSR count). The van der Waals surface area contributed by atoms with Crippen molar-refractivity contribution in [2.45, 2.75) is 13.0 Å². The fourth-order valence-corrected chi connectivity index (χ4v) is 3.37. The van der Waals surface area contributed by atoms with Crippen LogP contribution in [0.5, 0.6) is 0 Å². The van der Waals surface area contributed by atoms with Gasteiger partial charge in [0.25, 0.3) is 0 Å². The molecule has 0 aliphatic carbocycles. The average molecular weight is 306 g/mol. The highest BCUT2D eigenvalue weighted by atomic mass is 32.1. The van der Waals surface area contributed by atoms with Crippen molar-refractivity contribution in [3.63, 3.8) is 0 Å². The van der Waals surface area contributed by atoms with Crippen LogP contribution in [0.25, 0.3) is 22.3 Å². The molecule has 0 saturated heterocycles. The molecule has 0 N–H and O–H groups in total. The van der Waals surface area contributed by atoms with E-state index in [4.69, 9.17) is 4.98 Å². The molecule has 2 aromatic carbocycles. The van der Waals surface area contributed by atoms with Crippen LogP contribution < -0.4 is 0 Å². The smallest absolute Gasteiger partial charge is 0.118 e. The van der Waals surface area contributed by atoms with Gasteiger partial charge in [0.15, 0.2) is 0 Å². The standard InChI is InChI=1S/C17H14N4S/c1-12(21-16-10-6-5-9-14(16)19-20-21)17-18-15(11-22-17)13-7-3-2-4-8-13/h2-12H,1H3. The molecule has 5 heteroatoms. The van der Waals surface area contributed by atoms with E-state index in [9.17, 15) is 0 Å². The lowest BCUT2D eigenvalue weighted by atomic mass is 10.2. The van der Waals surface area contributed by atoms with Gasteiger partial charge in [-0.2, -0.15) is 0 Å². The summed E-state index contributed by atoms with van der Waals surface area (Å²) in [6.07, 6.45) is 0. The summed E-state index contributed by atoms with van der Waals surface area (Å²) >= 11 is 1.66. The first-order valence-corrected chi connectivity index (χ1v) is 8.01. The molecule has 0 radical (unpaired) electrons. The van der Waals surface area contributed by atoms with E-state index in [2.05, 4.69) is 34.7 Å². The highest BCUT2D eigenvalue weighted by Crippen LogP contribution is 2.28. The van der Waals surface area contributed by atoms with Gasteiger partial charge < -0.3 is 0 Å². The molecule has 2 heterocycles. The highest BCUT2D eigenvalue weighted by Gasteiger charge is 2.16. The second-order valence-corrected chi connectivity index (χ2v) is 6.03. The van der Waals surface area contributed by atoms with Gasteiger partial charge in [0.1, 0.15) is 16.6 Å². The minimum atomic E-state index is 0.0647. The van der Waals surface area contributed by atoms with Crippen LogP contribution in [0.4, 0.5) is 0 Å². The number of benzene rings is 2. The van der Waals surface area contributed by atoms with E-state index in [1.807, 2.05) is 47.1 Å². The maximum atomic E-state index is 4.77. The number of hydrogen-bond acceptors (Lipinski definition) is 4. The zero-order valence-electron chi connectivity index (χ0n) is 12.0. The van der Waals surface area contributed by atoms with Crippen LogP contribution in [0.1, 0.15) is 18.0 Å². The molecule has 4 nitrogen and oxygen atoms in total. The largest absolute Gasteiger partial charge is 0.239 e. The third-order valence-electron chi connectivity index (χ3n) is 3.69. The summed E-state index contributed by atoms with van der Waals surface area (Å²) < 4.78 is 1.93. The molecule has 0 aliphatic heterocycles. The summed E-state index contributed by atoms with van der Waals surface area (Å²) in [5, 5.41) is 11.6. The van der Waals surface area contributed by atoms with Crippen LogP contribution in [-0.4, -0.2) is 20.0 Å². The minimum Gasteiger partial charge on any atom is -0.239 e. The van der Waals surface area contributed by atoms with Gasteiger partial charge in [-0.15, -0.1) is 16.4 Å². The molecule has 108 valence electrons. The fraction of sp³-hybridized carbons (Fsp3) is 0.118. The first kappa shape index (κ1) is 13.2. The van der Waals surface area contributed by atoms with Crippen LogP contribution in [0.3, 0.4) is 0 Å². The Kier molecular flexibility index (Phi) is 3.20. The van der Waals surface area contributed by atoms with Crippen LogP contribution >= 0.6 is 11.3 Å². The van der Waals surface area contributed by atoms with E-state index >= 15 is 0 Å². The third-order valence-corrected chi connectivity index (χ3v) is 4.71. The highest BCUT2D eigenvalue weighted by molar-refractivity contribution is 7.10. The van der Waals surface area contributed by atoms with Gasteiger partial charge in [-0.1, -0.05) is 47.7 Å². The third kappa shape index (κ3) is 2.19. The zero-order valence-corrected chi connectivity index (χ0v) is 12.9. The lowest BCUT2D eigenvalue weighted by Gasteiger charge is -2.09. The van der Waals surface area contributed by atoms with Crippen molar-refractivity contribution in [1.29, 1.82) is 0 Å². The van der Waals surface area contributed by atoms with Crippen LogP contribution in [-0.2, 0) is 0 Å². The van der Waals surface area contributed by atoms with Crippen molar-refractivity contribution in [3.05, 3.63) is 65.0 Å². The van der Waals surface area contributed by atoms with Gasteiger partial charge in [-0.3, -0.25) is 0 Å². The van der Waals surface area contributed by atoms with Crippen LogP contribution in [0.15, 0.2) is 60.0 Å². The number of thiazole rings is 1. The minimum absolute atomic E-state index is 0.0647. The lowest BCUT2D eigenvalue weighted by Crippen LogP contribution is -2.08. The monoisotopic (exact) mass is 306 g/mol. The normalized spacial score (nSPS) is 12.6. The summed E-state index contributed by atoms with van der Waals surface area (Å²) in [5.41, 5.74) is 4.10. The van der Waals surface area contributed by atoms with Crippen LogP contribution in [0, 0.1) is 0 Å². The molecule has 1 atom stereocenters. The van der Waals surface area contributed by atoms with E-state index in [1.54, 1.807) is 11.3 Å². The lowest BCUT2D eigenvalue weighted by molar-refractivity contribution is 0.558. The summed E-state index contributed by atoms with van der Waals surface area (Å²) in [4.78, 5) is 4.77. The SMILES string of the molecule is CC(c1nc(-c2ccccc2)cs1)n1nnc2ccccc21. The van der Waals surface area contributed by atoms with Gasteiger partial charge in [0.05, 0.1) is 11.2 Å². The maximum Gasteiger partial charge on any atom is 0.118 e. The second kappa shape index (κ2) is 5.35. The number of para-hydroxylation sites is 1. The summed E-state index contributed by atoms with van der Waals surface area (Å²) in [6.45, 7) is 2.11. The molecule has 22 heavy (non-hydrogen) atoms. The van der Waals surface area contributed by atoms with E-state index in [0.717, 1.165) is 27.3 Å². The van der Waals surface area contributed by atoms with Crippen LogP contribution in [0.2, 0.25) is 0 Å². The Morgan fingerprint density at radius 1 is 1.00 bits per heavy atom. The second-order valence-electron chi connectivity index (χ2n) is 5.14. The Bertz CT molecular complexity index is 910. The molecule has 2 aromatic heterocycles. The Balaban J connectivity index is 1.72. The summed E-state index contributed by atoms with van der Waals surface area (Å²) in [7, 11) is 0. The predicted molar refractivity (Wildman–Crippen MR) is 88.9 cm³/mol. The molecule has 0 amide bonds. The molecule has 4 aromatic rings. The molecular weight excluding hydrogens is 292 g/mol. The zero-order chi connectivity index (χ0) is 14.9. The molecule has 0 aliphatic rings. The van der Waals surface area contributed by atoms with E-state index in [-0.39, 0.29) is 6.04 Å². The first-order chi connectivity index (χ1) is 10.8. The number of fused-ring (bicyclic) bond motifs is 1. The predicted octanol–water partition coefficient (Wildman–Crippen LogP) is 4.16. The molecule has 1 unspecified atom stereocenters. The van der Waals surface area contributed by atoms with Gasteiger partial charge in [0.2, 0.25) is 0 Å². The van der Waals surface area contributed by atoms with E-state index in [1.165, 1.54) is 0 Å². The number of rotatable bonds is 3. The summed E-state index contributed by atoms with van der Waals surface area (Å²) in [5.74, 6) is 0. The van der Waals surface area contributed by atoms with Gasteiger partial charge in [-0.05, 0) is 19.1 Å². The van der Waals surface area contributed by atoms with Crippen molar-refractivity contribution < 1.29 is 0 Å². The Morgan fingerprint density at radius 2 is 1.77 bits per heavy atom. The van der Waals surface area contributed by atoms with Crippen molar-refractivity contribution in [1.82, 2.24) is 20.0 Å². The van der Waals surface area contributed by atoms with Gasteiger partial charge in [0, 0.05) is 10.9 Å². The maximum absolute atomic E-state index is 4.77. The number of aromatic nitrogens is 4. The summed E-state index contributed by atoms with van der Waals surface area (Å²) in [6, 6.07) is 18.3.